The topological polar surface area (TPSA) is 55.8 Å². The second kappa shape index (κ2) is 8.34. The normalized spacial score (nSPS) is 18.0. The second-order valence-corrected chi connectivity index (χ2v) is 6.12. The van der Waals surface area contributed by atoms with E-state index in [1.165, 1.54) is 12.0 Å². The average Bonchev–Trinajstić information content (AvgIpc) is 3.11. The van der Waals surface area contributed by atoms with Crippen molar-refractivity contribution in [1.29, 1.82) is 0 Å². The molecule has 2 aromatic rings. The fraction of sp³-hybridized carbons (Fsp3) is 0.238. The maximum absolute atomic E-state index is 12.5. The standard InChI is InChI=1S/C21H21NO4/c1-25-20(23)19-13-18(12-16-8-4-2-5-9-16)14-22(19)21(24)26-15-17-10-6-3-7-11-17/h2-12,19H,13-15H2,1H3/b18-12+/t19-/m0/s1. The van der Waals surface area contributed by atoms with Gasteiger partial charge in [0, 0.05) is 13.0 Å². The zero-order chi connectivity index (χ0) is 18.4. The van der Waals surface area contributed by atoms with Crippen molar-refractivity contribution in [1.82, 2.24) is 4.90 Å². The summed E-state index contributed by atoms with van der Waals surface area (Å²) in [6.45, 7) is 0.518. The highest BCUT2D eigenvalue weighted by Crippen LogP contribution is 2.26. The van der Waals surface area contributed by atoms with E-state index in [4.69, 9.17) is 9.47 Å². The number of nitrogens with zero attached hydrogens (tertiary/aromatic N) is 1. The van der Waals surface area contributed by atoms with Crippen LogP contribution in [0.25, 0.3) is 6.08 Å². The SMILES string of the molecule is COC(=O)[C@@H]1C/C(=C\c2ccccc2)CN1C(=O)OCc1ccccc1. The number of likely N-dealkylation sites (tertiary alicyclic amines) is 1. The van der Waals surface area contributed by atoms with Gasteiger partial charge >= 0.3 is 12.1 Å². The number of rotatable bonds is 4. The van der Waals surface area contributed by atoms with Crippen molar-refractivity contribution < 1.29 is 19.1 Å². The summed E-state index contributed by atoms with van der Waals surface area (Å²) in [6.07, 6.45) is 1.93. The average molecular weight is 351 g/mol. The van der Waals surface area contributed by atoms with Crippen LogP contribution in [-0.2, 0) is 20.9 Å². The lowest BCUT2D eigenvalue weighted by Gasteiger charge is -2.21. The van der Waals surface area contributed by atoms with Gasteiger partial charge in [-0.2, -0.15) is 0 Å². The van der Waals surface area contributed by atoms with Crippen LogP contribution < -0.4 is 0 Å². The number of amides is 1. The van der Waals surface area contributed by atoms with Gasteiger partial charge < -0.3 is 9.47 Å². The molecule has 1 atom stereocenters. The van der Waals surface area contributed by atoms with Crippen LogP contribution in [0.3, 0.4) is 0 Å². The molecule has 0 N–H and O–H groups in total. The van der Waals surface area contributed by atoms with Gasteiger partial charge in [-0.1, -0.05) is 66.7 Å². The van der Waals surface area contributed by atoms with E-state index in [1.807, 2.05) is 66.7 Å². The molecule has 1 heterocycles. The lowest BCUT2D eigenvalue weighted by Crippen LogP contribution is -2.41. The summed E-state index contributed by atoms with van der Waals surface area (Å²) in [7, 11) is 1.33. The zero-order valence-electron chi connectivity index (χ0n) is 14.6. The maximum atomic E-state index is 12.5. The van der Waals surface area contributed by atoms with Gasteiger partial charge in [0.25, 0.3) is 0 Å². The lowest BCUT2D eigenvalue weighted by molar-refractivity contribution is -0.145. The molecule has 26 heavy (non-hydrogen) atoms. The minimum Gasteiger partial charge on any atom is -0.467 e. The Morgan fingerprint density at radius 1 is 1.08 bits per heavy atom. The monoisotopic (exact) mass is 351 g/mol. The van der Waals surface area contributed by atoms with Crippen LogP contribution in [0.15, 0.2) is 66.2 Å². The molecule has 0 unspecified atom stereocenters. The number of hydrogen-bond donors (Lipinski definition) is 0. The molecule has 1 aliphatic heterocycles. The van der Waals surface area contributed by atoms with Crippen molar-refractivity contribution in [3.63, 3.8) is 0 Å². The summed E-state index contributed by atoms with van der Waals surface area (Å²) in [5.41, 5.74) is 2.92. The first-order chi connectivity index (χ1) is 12.7. The summed E-state index contributed by atoms with van der Waals surface area (Å²) < 4.78 is 10.2. The van der Waals surface area contributed by atoms with Gasteiger partial charge in [-0.3, -0.25) is 4.90 Å². The van der Waals surface area contributed by atoms with Crippen LogP contribution in [0, 0.1) is 0 Å². The molecule has 1 fully saturated rings. The van der Waals surface area contributed by atoms with E-state index in [2.05, 4.69) is 0 Å². The van der Waals surface area contributed by atoms with E-state index in [0.717, 1.165) is 16.7 Å². The van der Waals surface area contributed by atoms with Gasteiger partial charge in [0.05, 0.1) is 7.11 Å². The molecule has 1 aliphatic rings. The zero-order valence-corrected chi connectivity index (χ0v) is 14.6. The number of benzene rings is 2. The Bertz CT molecular complexity index is 786. The van der Waals surface area contributed by atoms with Crippen LogP contribution in [0.4, 0.5) is 4.79 Å². The maximum Gasteiger partial charge on any atom is 0.411 e. The summed E-state index contributed by atoms with van der Waals surface area (Å²) in [5.74, 6) is -0.432. The number of carbonyl (C=O) groups is 2. The van der Waals surface area contributed by atoms with Gasteiger partial charge in [0.1, 0.15) is 12.6 Å². The molecule has 5 nitrogen and oxygen atoms in total. The Morgan fingerprint density at radius 2 is 1.73 bits per heavy atom. The highest BCUT2D eigenvalue weighted by atomic mass is 16.6. The van der Waals surface area contributed by atoms with E-state index >= 15 is 0 Å². The van der Waals surface area contributed by atoms with E-state index < -0.39 is 18.1 Å². The molecule has 3 rings (SSSR count). The van der Waals surface area contributed by atoms with Crippen LogP contribution in [0.5, 0.6) is 0 Å². The van der Waals surface area contributed by atoms with Crippen molar-refractivity contribution in [2.75, 3.05) is 13.7 Å². The Kier molecular flexibility index (Phi) is 5.69. The van der Waals surface area contributed by atoms with Gasteiger partial charge in [0.15, 0.2) is 0 Å². The molecule has 0 aliphatic carbocycles. The summed E-state index contributed by atoms with van der Waals surface area (Å²) in [6, 6.07) is 18.6. The Labute approximate surface area is 152 Å². The lowest BCUT2D eigenvalue weighted by atomic mass is 10.1. The van der Waals surface area contributed by atoms with Crippen LogP contribution in [0.2, 0.25) is 0 Å². The third kappa shape index (κ3) is 4.30. The summed E-state index contributed by atoms with van der Waals surface area (Å²) >= 11 is 0. The second-order valence-electron chi connectivity index (χ2n) is 6.12. The smallest absolute Gasteiger partial charge is 0.411 e. The molecular formula is C21H21NO4. The first-order valence-corrected chi connectivity index (χ1v) is 8.47. The van der Waals surface area contributed by atoms with Gasteiger partial charge in [-0.15, -0.1) is 0 Å². The number of methoxy groups -OCH3 is 1. The van der Waals surface area contributed by atoms with E-state index in [1.54, 1.807) is 0 Å². The van der Waals surface area contributed by atoms with Crippen molar-refractivity contribution >= 4 is 18.1 Å². The predicted octanol–water partition coefficient (Wildman–Crippen LogP) is 3.65. The van der Waals surface area contributed by atoms with Gasteiger partial charge in [-0.05, 0) is 16.7 Å². The molecular weight excluding hydrogens is 330 g/mol. The quantitative estimate of drug-likeness (QED) is 0.789. The van der Waals surface area contributed by atoms with Gasteiger partial charge in [0.2, 0.25) is 0 Å². The molecule has 1 saturated heterocycles. The fourth-order valence-corrected chi connectivity index (χ4v) is 2.98. The highest BCUT2D eigenvalue weighted by molar-refractivity contribution is 5.83. The molecule has 2 aromatic carbocycles. The largest absolute Gasteiger partial charge is 0.467 e. The fourth-order valence-electron chi connectivity index (χ4n) is 2.98. The van der Waals surface area contributed by atoms with E-state index in [-0.39, 0.29) is 6.61 Å². The molecule has 0 spiro atoms. The number of carbonyl (C=O) groups excluding carboxylic acids is 2. The highest BCUT2D eigenvalue weighted by Gasteiger charge is 2.38. The molecule has 0 radical (unpaired) electrons. The Hall–Kier alpha value is -3.08. The molecule has 1 amide bonds. The van der Waals surface area contributed by atoms with Crippen molar-refractivity contribution in [2.45, 2.75) is 19.1 Å². The molecule has 0 bridgehead atoms. The van der Waals surface area contributed by atoms with Gasteiger partial charge in [-0.25, -0.2) is 9.59 Å². The third-order valence-corrected chi connectivity index (χ3v) is 4.29. The third-order valence-electron chi connectivity index (χ3n) is 4.29. The van der Waals surface area contributed by atoms with Crippen molar-refractivity contribution in [3.8, 4) is 0 Å². The molecule has 0 aromatic heterocycles. The summed E-state index contributed by atoms with van der Waals surface area (Å²) in [4.78, 5) is 26.1. The van der Waals surface area contributed by atoms with E-state index in [0.29, 0.717) is 13.0 Å². The van der Waals surface area contributed by atoms with Crippen LogP contribution in [-0.4, -0.2) is 36.7 Å². The number of ether oxygens (including phenoxy) is 2. The number of hydrogen-bond acceptors (Lipinski definition) is 4. The van der Waals surface area contributed by atoms with Crippen LogP contribution in [0.1, 0.15) is 17.5 Å². The first kappa shape index (κ1) is 17.7. The molecule has 5 heteroatoms. The Balaban J connectivity index is 1.71. The van der Waals surface area contributed by atoms with Crippen LogP contribution >= 0.6 is 0 Å². The molecule has 0 saturated carbocycles. The first-order valence-electron chi connectivity index (χ1n) is 8.47. The minimum absolute atomic E-state index is 0.168. The van der Waals surface area contributed by atoms with Crippen molar-refractivity contribution in [3.05, 3.63) is 77.4 Å². The minimum atomic E-state index is -0.654. The van der Waals surface area contributed by atoms with Crippen molar-refractivity contribution in [2.24, 2.45) is 0 Å². The van der Waals surface area contributed by atoms with E-state index in [9.17, 15) is 9.59 Å². The predicted molar refractivity (Wildman–Crippen MR) is 98.2 cm³/mol. The molecule has 134 valence electrons. The Morgan fingerprint density at radius 3 is 2.38 bits per heavy atom. The number of esters is 1. The summed E-state index contributed by atoms with van der Waals surface area (Å²) in [5, 5.41) is 0.